The van der Waals surface area contributed by atoms with Crippen LogP contribution in [0.4, 0.5) is 0 Å². The quantitative estimate of drug-likeness (QED) is 0.553. The van der Waals surface area contributed by atoms with Crippen LogP contribution in [-0.2, 0) is 10.8 Å². The van der Waals surface area contributed by atoms with Crippen molar-refractivity contribution >= 4 is 59.2 Å². The van der Waals surface area contributed by atoms with Gasteiger partial charge in [-0.1, -0.05) is 23.2 Å². The summed E-state index contributed by atoms with van der Waals surface area (Å²) in [6.07, 6.45) is 0. The van der Waals surface area contributed by atoms with Gasteiger partial charge in [0.2, 0.25) is 0 Å². The van der Waals surface area contributed by atoms with Gasteiger partial charge < -0.3 is 20.1 Å². The second-order valence-electron chi connectivity index (χ2n) is 4.46. The van der Waals surface area contributed by atoms with Crippen molar-refractivity contribution in [2.45, 2.75) is 9.79 Å². The van der Waals surface area contributed by atoms with Gasteiger partial charge in [-0.05, 0) is 47.3 Å². The van der Waals surface area contributed by atoms with Gasteiger partial charge in [0.25, 0.3) is 0 Å². The minimum Gasteiger partial charge on any atom is -0.423 e. The maximum Gasteiger partial charge on any atom is 0.488 e. The summed E-state index contributed by atoms with van der Waals surface area (Å²) in [5.74, 6) is 0. The molecule has 2 aromatic carbocycles. The van der Waals surface area contributed by atoms with E-state index >= 15 is 0 Å². The molecular weight excluding hydrogens is 349 g/mol. The van der Waals surface area contributed by atoms with Crippen LogP contribution in [0.15, 0.2) is 46.2 Å². The van der Waals surface area contributed by atoms with Crippen LogP contribution in [0.5, 0.6) is 0 Å². The number of benzene rings is 2. The zero-order chi connectivity index (χ0) is 16.4. The average molecular weight is 359 g/mol. The van der Waals surface area contributed by atoms with Crippen LogP contribution >= 0.6 is 23.2 Å². The molecule has 0 unspecified atom stereocenters. The van der Waals surface area contributed by atoms with Gasteiger partial charge in [0.05, 0.1) is 10.8 Å². The second kappa shape index (κ2) is 7.14. The first-order valence-corrected chi connectivity index (χ1v) is 7.93. The van der Waals surface area contributed by atoms with E-state index in [4.69, 9.17) is 23.2 Å². The predicted molar refractivity (Wildman–Crippen MR) is 87.2 cm³/mol. The summed E-state index contributed by atoms with van der Waals surface area (Å²) in [7, 11) is -5.23. The minimum absolute atomic E-state index is 0.0975. The molecule has 0 saturated carbocycles. The van der Waals surface area contributed by atoms with Crippen LogP contribution in [0, 0.1) is 0 Å². The lowest BCUT2D eigenvalue weighted by Crippen LogP contribution is -2.30. The van der Waals surface area contributed by atoms with Crippen LogP contribution in [0.3, 0.4) is 0 Å². The van der Waals surface area contributed by atoms with Crippen LogP contribution in [-0.4, -0.2) is 38.5 Å². The molecule has 10 heteroatoms. The smallest absolute Gasteiger partial charge is 0.423 e. The van der Waals surface area contributed by atoms with Crippen molar-refractivity contribution in [3.05, 3.63) is 46.4 Å². The standard InChI is InChI=1S/C12H10B2Cl2O5S/c15-9-1-7(13(17)18)3-11(5-9)22(21)12-4-8(14(19)20)2-10(16)6-12/h1-6,17-20H. The zero-order valence-corrected chi connectivity index (χ0v) is 13.3. The normalized spacial score (nSPS) is 10.9. The Bertz CT molecular complexity index is 667. The molecular formula is C12H10B2Cl2O5S. The van der Waals surface area contributed by atoms with Gasteiger partial charge in [-0.15, -0.1) is 0 Å². The molecule has 0 aliphatic carbocycles. The Hall–Kier alpha value is -0.860. The van der Waals surface area contributed by atoms with Crippen LogP contribution in [0.25, 0.3) is 0 Å². The van der Waals surface area contributed by atoms with Gasteiger partial charge in [0.1, 0.15) is 0 Å². The molecule has 0 spiro atoms. The first kappa shape index (κ1) is 17.5. The third-order valence-electron chi connectivity index (χ3n) is 2.81. The minimum atomic E-state index is -1.75. The molecule has 0 aliphatic heterocycles. The highest BCUT2D eigenvalue weighted by Gasteiger charge is 2.19. The summed E-state index contributed by atoms with van der Waals surface area (Å²) < 4.78 is 12.6. The summed E-state index contributed by atoms with van der Waals surface area (Å²) >= 11 is 11.8. The molecule has 0 amide bonds. The second-order valence-corrected chi connectivity index (χ2v) is 6.81. The Kier molecular flexibility index (Phi) is 5.68. The zero-order valence-electron chi connectivity index (χ0n) is 11.0. The van der Waals surface area contributed by atoms with Crippen molar-refractivity contribution in [3.8, 4) is 0 Å². The summed E-state index contributed by atoms with van der Waals surface area (Å²) in [6, 6.07) is 8.19. The maximum absolute atomic E-state index is 12.6. The Balaban J connectivity index is 2.48. The lowest BCUT2D eigenvalue weighted by atomic mass is 9.80. The average Bonchev–Trinajstić information content (AvgIpc) is 2.45. The molecule has 0 bridgehead atoms. The molecule has 0 saturated heterocycles. The van der Waals surface area contributed by atoms with Crippen molar-refractivity contribution in [2.75, 3.05) is 0 Å². The van der Waals surface area contributed by atoms with E-state index in [2.05, 4.69) is 0 Å². The third kappa shape index (κ3) is 4.11. The topological polar surface area (TPSA) is 98.0 Å². The molecule has 0 heterocycles. The highest BCUT2D eigenvalue weighted by molar-refractivity contribution is 7.85. The van der Waals surface area contributed by atoms with E-state index in [1.807, 2.05) is 0 Å². The van der Waals surface area contributed by atoms with Gasteiger partial charge in [-0.25, -0.2) is 4.21 Å². The van der Waals surface area contributed by atoms with E-state index < -0.39 is 25.0 Å². The van der Waals surface area contributed by atoms with E-state index in [1.54, 1.807) is 0 Å². The largest absolute Gasteiger partial charge is 0.488 e. The highest BCUT2D eigenvalue weighted by Crippen LogP contribution is 2.21. The van der Waals surface area contributed by atoms with Crippen LogP contribution < -0.4 is 10.9 Å². The Labute approximate surface area is 139 Å². The lowest BCUT2D eigenvalue weighted by molar-refractivity contribution is 0.424. The number of hydrogen-bond acceptors (Lipinski definition) is 5. The van der Waals surface area contributed by atoms with E-state index in [9.17, 15) is 24.3 Å². The number of hydrogen-bond donors (Lipinski definition) is 4. The van der Waals surface area contributed by atoms with Gasteiger partial charge in [-0.2, -0.15) is 0 Å². The van der Waals surface area contributed by atoms with Gasteiger partial charge in [-0.3, -0.25) is 0 Å². The van der Waals surface area contributed by atoms with Crippen LogP contribution in [0.2, 0.25) is 10.0 Å². The molecule has 0 aromatic heterocycles. The van der Waals surface area contributed by atoms with Gasteiger partial charge in [0.15, 0.2) is 0 Å². The molecule has 4 N–H and O–H groups in total. The Morgan fingerprint density at radius 3 is 1.41 bits per heavy atom. The molecule has 2 aromatic rings. The molecule has 0 atom stereocenters. The van der Waals surface area contributed by atoms with E-state index in [0.29, 0.717) is 0 Å². The SMILES string of the molecule is O=S(c1cc(Cl)cc(B(O)O)c1)c1cc(Cl)cc(B(O)O)c1. The van der Waals surface area contributed by atoms with Crippen molar-refractivity contribution < 1.29 is 24.3 Å². The number of rotatable bonds is 4. The monoisotopic (exact) mass is 358 g/mol. The fourth-order valence-electron chi connectivity index (χ4n) is 1.82. The lowest BCUT2D eigenvalue weighted by Gasteiger charge is -2.09. The van der Waals surface area contributed by atoms with Crippen molar-refractivity contribution in [1.82, 2.24) is 0 Å². The summed E-state index contributed by atoms with van der Waals surface area (Å²) in [5, 5.41) is 37.2. The van der Waals surface area contributed by atoms with E-state index in [1.165, 1.54) is 36.4 Å². The molecule has 2 rings (SSSR count). The summed E-state index contributed by atoms with van der Waals surface area (Å²) in [6.45, 7) is 0. The molecule has 22 heavy (non-hydrogen) atoms. The molecule has 0 fully saturated rings. The predicted octanol–water partition coefficient (Wildman–Crippen LogP) is -0.480. The third-order valence-corrected chi connectivity index (χ3v) is 4.58. The molecule has 114 valence electrons. The van der Waals surface area contributed by atoms with Crippen molar-refractivity contribution in [1.29, 1.82) is 0 Å². The molecule has 0 radical (unpaired) electrons. The molecule has 0 aliphatic rings. The van der Waals surface area contributed by atoms with Crippen molar-refractivity contribution in [2.24, 2.45) is 0 Å². The fourth-order valence-corrected chi connectivity index (χ4v) is 3.66. The maximum atomic E-state index is 12.6. The fraction of sp³-hybridized carbons (Fsp3) is 0. The van der Waals surface area contributed by atoms with E-state index in [0.717, 1.165) is 0 Å². The highest BCUT2D eigenvalue weighted by atomic mass is 35.5. The van der Waals surface area contributed by atoms with Crippen molar-refractivity contribution in [3.63, 3.8) is 0 Å². The van der Waals surface area contributed by atoms with E-state index in [-0.39, 0.29) is 30.8 Å². The summed E-state index contributed by atoms with van der Waals surface area (Å²) in [5.41, 5.74) is 0.195. The van der Waals surface area contributed by atoms with Gasteiger partial charge in [0, 0.05) is 19.8 Å². The first-order valence-electron chi connectivity index (χ1n) is 6.03. The number of halogens is 2. The summed E-state index contributed by atoms with van der Waals surface area (Å²) in [4.78, 5) is 0.465. The Morgan fingerprint density at radius 1 is 0.727 bits per heavy atom. The first-order chi connectivity index (χ1) is 10.3. The van der Waals surface area contributed by atoms with Gasteiger partial charge >= 0.3 is 14.2 Å². The molecule has 5 nitrogen and oxygen atoms in total. The Morgan fingerprint density at radius 2 is 1.09 bits per heavy atom. The van der Waals surface area contributed by atoms with Crippen LogP contribution in [0.1, 0.15) is 0 Å².